The van der Waals surface area contributed by atoms with Crippen LogP contribution in [0.1, 0.15) is 51.2 Å². The van der Waals surface area contributed by atoms with Crippen LogP contribution in [-0.2, 0) is 26.3 Å². The summed E-state index contributed by atoms with van der Waals surface area (Å²) in [6.45, 7) is 6.41. The minimum atomic E-state index is -1.03. The lowest BCUT2D eigenvalue weighted by molar-refractivity contribution is -0.133. The maximum Gasteiger partial charge on any atom is 0.407 e. The molecule has 3 atom stereocenters. The highest BCUT2D eigenvalue weighted by Gasteiger charge is 2.50. The van der Waals surface area contributed by atoms with E-state index in [1.54, 1.807) is 18.1 Å². The monoisotopic (exact) mass is 551 g/mol. The summed E-state index contributed by atoms with van der Waals surface area (Å²) in [6, 6.07) is 15.8. The number of carbonyl (C=O) groups excluding carboxylic acids is 3. The van der Waals surface area contributed by atoms with Gasteiger partial charge in [0.1, 0.15) is 11.8 Å². The zero-order valence-electron chi connectivity index (χ0n) is 24.0. The molecule has 1 heterocycles. The first-order valence-electron chi connectivity index (χ1n) is 13.6. The lowest BCUT2D eigenvalue weighted by Crippen LogP contribution is -2.49. The van der Waals surface area contributed by atoms with Gasteiger partial charge < -0.3 is 25.8 Å². The van der Waals surface area contributed by atoms with E-state index in [1.165, 1.54) is 7.11 Å². The zero-order valence-corrected chi connectivity index (χ0v) is 24.0. The third-order valence-corrected chi connectivity index (χ3v) is 7.03. The van der Waals surface area contributed by atoms with E-state index in [-0.39, 0.29) is 36.2 Å². The smallest absolute Gasteiger partial charge is 0.407 e. The fourth-order valence-corrected chi connectivity index (χ4v) is 5.13. The number of para-hydroxylation sites is 1. The van der Waals surface area contributed by atoms with Crippen LogP contribution in [0.15, 0.2) is 59.6 Å². The molecule has 3 amide bonds. The van der Waals surface area contributed by atoms with E-state index >= 15 is 0 Å². The summed E-state index contributed by atoms with van der Waals surface area (Å²) in [5.41, 5.74) is 6.91. The fourth-order valence-electron chi connectivity index (χ4n) is 5.13. The summed E-state index contributed by atoms with van der Waals surface area (Å²) in [5, 5.41) is 5.49. The highest BCUT2D eigenvalue weighted by atomic mass is 16.5. The fraction of sp³-hybridized carbons (Fsp3) is 0.467. The third-order valence-electron chi connectivity index (χ3n) is 7.03. The quantitative estimate of drug-likeness (QED) is 0.327. The summed E-state index contributed by atoms with van der Waals surface area (Å²) >= 11 is 0. The Bertz CT molecular complexity index is 1200. The van der Waals surface area contributed by atoms with Gasteiger partial charge in [0.15, 0.2) is 11.5 Å². The molecule has 1 unspecified atom stereocenters. The molecule has 0 saturated heterocycles. The standard InChI is InChI=1S/C30H41N5O5/c1-20(2)19-30(23-14-7-6-8-15-23)27(37)35(28(31)34-30)21(3)12-11-17-32-26(36)24(33-29(38)40-5)18-22-13-9-10-16-25(22)39-4/h6-10,13-16,20-21,24H,11-12,17-19H2,1-5H3,(H2,31,34)(H,32,36)(H,33,38)/t21?,24-,30+/m0/s1. The van der Waals surface area contributed by atoms with E-state index in [0.29, 0.717) is 31.6 Å². The average Bonchev–Trinajstić information content (AvgIpc) is 3.19. The molecular weight excluding hydrogens is 510 g/mol. The molecule has 10 nitrogen and oxygen atoms in total. The number of aliphatic imine (C=N–C) groups is 1. The minimum absolute atomic E-state index is 0.124. The number of methoxy groups -OCH3 is 2. The van der Waals surface area contributed by atoms with Gasteiger partial charge in [0.25, 0.3) is 5.91 Å². The lowest BCUT2D eigenvalue weighted by atomic mass is 9.82. The molecular formula is C30H41N5O5. The second-order valence-corrected chi connectivity index (χ2v) is 10.5. The number of ether oxygens (including phenoxy) is 2. The van der Waals surface area contributed by atoms with Crippen LogP contribution in [0, 0.1) is 5.92 Å². The number of benzene rings is 2. The molecule has 1 aliphatic rings. The molecule has 0 aromatic heterocycles. The number of alkyl carbamates (subject to hydrolysis) is 1. The van der Waals surface area contributed by atoms with E-state index in [9.17, 15) is 14.4 Å². The van der Waals surface area contributed by atoms with Gasteiger partial charge in [0, 0.05) is 19.0 Å². The molecule has 40 heavy (non-hydrogen) atoms. The van der Waals surface area contributed by atoms with E-state index < -0.39 is 17.7 Å². The van der Waals surface area contributed by atoms with Crippen LogP contribution in [-0.4, -0.2) is 61.6 Å². The number of guanidine groups is 1. The molecule has 2 aromatic rings. The van der Waals surface area contributed by atoms with Gasteiger partial charge in [0.2, 0.25) is 5.91 Å². The Labute approximate surface area is 236 Å². The Morgan fingerprint density at radius 3 is 2.38 bits per heavy atom. The Hall–Kier alpha value is -4.08. The normalized spacial score (nSPS) is 18.2. The number of nitrogens with one attached hydrogen (secondary N) is 2. The first-order valence-corrected chi connectivity index (χ1v) is 13.6. The number of carbonyl (C=O) groups is 3. The summed E-state index contributed by atoms with van der Waals surface area (Å²) in [6.07, 6.45) is 1.27. The molecule has 2 aromatic carbocycles. The van der Waals surface area contributed by atoms with Gasteiger partial charge in [-0.2, -0.15) is 0 Å². The predicted molar refractivity (Wildman–Crippen MR) is 154 cm³/mol. The first-order chi connectivity index (χ1) is 19.1. The molecule has 0 spiro atoms. The molecule has 1 aliphatic heterocycles. The second-order valence-electron chi connectivity index (χ2n) is 10.5. The van der Waals surface area contributed by atoms with Gasteiger partial charge in [0.05, 0.1) is 14.2 Å². The van der Waals surface area contributed by atoms with Crippen LogP contribution in [0.2, 0.25) is 0 Å². The largest absolute Gasteiger partial charge is 0.496 e. The van der Waals surface area contributed by atoms with Crippen molar-refractivity contribution in [2.45, 2.75) is 64.1 Å². The zero-order chi connectivity index (χ0) is 29.3. The lowest BCUT2D eigenvalue weighted by Gasteiger charge is -2.30. The van der Waals surface area contributed by atoms with Crippen LogP contribution < -0.4 is 21.1 Å². The molecule has 3 rings (SSSR count). The van der Waals surface area contributed by atoms with Crippen molar-refractivity contribution in [3.8, 4) is 5.75 Å². The summed E-state index contributed by atoms with van der Waals surface area (Å²) in [7, 11) is 2.80. The number of hydrogen-bond acceptors (Lipinski definition) is 7. The predicted octanol–water partition coefficient (Wildman–Crippen LogP) is 3.35. The third kappa shape index (κ3) is 7.11. The maximum absolute atomic E-state index is 13.8. The van der Waals surface area contributed by atoms with Crippen molar-refractivity contribution in [1.29, 1.82) is 0 Å². The Morgan fingerprint density at radius 1 is 1.05 bits per heavy atom. The van der Waals surface area contributed by atoms with E-state index in [0.717, 1.165) is 11.1 Å². The van der Waals surface area contributed by atoms with Crippen molar-refractivity contribution in [3.63, 3.8) is 0 Å². The highest BCUT2D eigenvalue weighted by Crippen LogP contribution is 2.39. The van der Waals surface area contributed by atoms with Gasteiger partial charge in [-0.05, 0) is 49.3 Å². The minimum Gasteiger partial charge on any atom is -0.496 e. The van der Waals surface area contributed by atoms with Crippen molar-refractivity contribution in [2.24, 2.45) is 16.6 Å². The molecule has 0 fully saturated rings. The summed E-state index contributed by atoms with van der Waals surface area (Å²) in [5.74, 6) is 0.598. The van der Waals surface area contributed by atoms with Crippen molar-refractivity contribution < 1.29 is 23.9 Å². The Morgan fingerprint density at radius 2 is 1.73 bits per heavy atom. The Balaban J connectivity index is 1.62. The highest BCUT2D eigenvalue weighted by molar-refractivity contribution is 6.07. The first kappa shape index (κ1) is 30.5. The van der Waals surface area contributed by atoms with Gasteiger partial charge in [-0.3, -0.25) is 14.5 Å². The maximum atomic E-state index is 13.8. The molecule has 216 valence electrons. The summed E-state index contributed by atoms with van der Waals surface area (Å²) < 4.78 is 10.1. The Kier molecular flexibility index (Phi) is 10.5. The van der Waals surface area contributed by atoms with Crippen LogP contribution in [0.5, 0.6) is 5.75 Å². The van der Waals surface area contributed by atoms with Crippen LogP contribution >= 0.6 is 0 Å². The van der Waals surface area contributed by atoms with E-state index in [1.807, 2.05) is 55.5 Å². The molecule has 0 aliphatic carbocycles. The van der Waals surface area contributed by atoms with Crippen molar-refractivity contribution in [3.05, 3.63) is 65.7 Å². The van der Waals surface area contributed by atoms with Crippen LogP contribution in [0.3, 0.4) is 0 Å². The number of rotatable bonds is 13. The number of hydrogen-bond donors (Lipinski definition) is 3. The summed E-state index contributed by atoms with van der Waals surface area (Å²) in [4.78, 5) is 45.0. The van der Waals surface area contributed by atoms with Gasteiger partial charge in [-0.15, -0.1) is 0 Å². The topological polar surface area (TPSA) is 135 Å². The second kappa shape index (κ2) is 13.8. The van der Waals surface area contributed by atoms with Crippen molar-refractivity contribution >= 4 is 23.9 Å². The van der Waals surface area contributed by atoms with Crippen LogP contribution in [0.25, 0.3) is 0 Å². The molecule has 0 radical (unpaired) electrons. The molecule has 4 N–H and O–H groups in total. The molecule has 10 heteroatoms. The SMILES string of the molecule is COC(=O)N[C@@H](Cc1ccccc1OC)C(=O)NCCCC(C)N1C(=O)[C@@](CC(C)C)(c2ccccc2)N=C1N. The number of amides is 3. The van der Waals surface area contributed by atoms with Crippen molar-refractivity contribution in [1.82, 2.24) is 15.5 Å². The van der Waals surface area contributed by atoms with E-state index in [4.69, 9.17) is 20.2 Å². The molecule has 0 saturated carbocycles. The van der Waals surface area contributed by atoms with Gasteiger partial charge in [-0.25, -0.2) is 9.79 Å². The molecule has 0 bridgehead atoms. The average molecular weight is 552 g/mol. The van der Waals surface area contributed by atoms with Crippen molar-refractivity contribution in [2.75, 3.05) is 20.8 Å². The number of nitrogens with two attached hydrogens (primary N) is 1. The van der Waals surface area contributed by atoms with Crippen LogP contribution in [0.4, 0.5) is 4.79 Å². The van der Waals surface area contributed by atoms with Gasteiger partial charge >= 0.3 is 6.09 Å². The van der Waals surface area contributed by atoms with Gasteiger partial charge in [-0.1, -0.05) is 62.4 Å². The number of nitrogens with zero attached hydrogens (tertiary/aromatic N) is 2. The van der Waals surface area contributed by atoms with E-state index in [2.05, 4.69) is 24.5 Å².